The molecule has 0 bridgehead atoms. The van der Waals surface area contributed by atoms with Crippen LogP contribution in [-0.4, -0.2) is 9.97 Å². The van der Waals surface area contributed by atoms with Crippen LogP contribution in [0.1, 0.15) is 44.5 Å². The lowest BCUT2D eigenvalue weighted by atomic mass is 9.89. The van der Waals surface area contributed by atoms with E-state index in [1.807, 2.05) is 76.3 Å². The van der Waals surface area contributed by atoms with Crippen molar-refractivity contribution in [3.8, 4) is 33.5 Å². The summed E-state index contributed by atoms with van der Waals surface area (Å²) >= 11 is 1.92. The highest BCUT2D eigenvalue weighted by molar-refractivity contribution is 7.26. The van der Waals surface area contributed by atoms with E-state index in [0.29, 0.717) is 5.71 Å². The summed E-state index contributed by atoms with van der Waals surface area (Å²) in [5.74, 6) is 0. The zero-order chi connectivity index (χ0) is 38.5. The molecule has 0 atom stereocenters. The van der Waals surface area contributed by atoms with Crippen molar-refractivity contribution in [2.24, 2.45) is 0 Å². The Balaban J connectivity index is 0.000000155. The molecule has 0 fully saturated rings. The maximum Gasteiger partial charge on any atom is 0.246 e. The molecule has 0 radical (unpaired) electrons. The van der Waals surface area contributed by atoms with Crippen molar-refractivity contribution in [3.05, 3.63) is 168 Å². The molecular formula is C51H46N2OS. The van der Waals surface area contributed by atoms with E-state index in [2.05, 4.69) is 140 Å². The first kappa shape index (κ1) is 37.2. The van der Waals surface area contributed by atoms with Crippen LogP contribution in [0.2, 0.25) is 0 Å². The molecule has 4 heteroatoms. The van der Waals surface area contributed by atoms with E-state index < -0.39 is 0 Å². The summed E-state index contributed by atoms with van der Waals surface area (Å²) < 4.78 is 8.61. The number of rotatable bonds is 3. The van der Waals surface area contributed by atoms with Crippen LogP contribution in [0.25, 0.3) is 86.7 Å². The Hall–Kier alpha value is -6.10. The SMILES string of the molecule is CC.CC.Cc1ccccc1-c1c(C)c2sc3ccccc3c2c2ccccc12.Cc1nc2oc3ccccc3c2nc1-c1ccc(-c2ccccc2)cc1. The predicted molar refractivity (Wildman–Crippen MR) is 239 cm³/mol. The van der Waals surface area contributed by atoms with Crippen LogP contribution < -0.4 is 0 Å². The fourth-order valence-corrected chi connectivity index (χ4v) is 8.56. The van der Waals surface area contributed by atoms with Crippen molar-refractivity contribution < 1.29 is 4.42 Å². The van der Waals surface area contributed by atoms with Crippen LogP contribution in [0.15, 0.2) is 156 Å². The number of aryl methyl sites for hydroxylation is 3. The van der Waals surface area contributed by atoms with Crippen molar-refractivity contribution in [2.75, 3.05) is 0 Å². The smallest absolute Gasteiger partial charge is 0.246 e. The second kappa shape index (κ2) is 16.5. The van der Waals surface area contributed by atoms with Gasteiger partial charge in [0.2, 0.25) is 5.71 Å². The molecule has 0 aliphatic rings. The van der Waals surface area contributed by atoms with Gasteiger partial charge >= 0.3 is 0 Å². The number of benzene rings is 7. The lowest BCUT2D eigenvalue weighted by Crippen LogP contribution is -1.93. The van der Waals surface area contributed by atoms with Gasteiger partial charge in [-0.3, -0.25) is 0 Å². The van der Waals surface area contributed by atoms with Gasteiger partial charge in [0.1, 0.15) is 11.1 Å². The molecule has 0 amide bonds. The molecule has 3 aromatic heterocycles. The highest BCUT2D eigenvalue weighted by Crippen LogP contribution is 2.46. The van der Waals surface area contributed by atoms with Gasteiger partial charge in [-0.1, -0.05) is 161 Å². The molecule has 272 valence electrons. The largest absolute Gasteiger partial charge is 0.436 e. The first-order valence-electron chi connectivity index (χ1n) is 19.3. The number of fused-ring (bicyclic) bond motifs is 8. The summed E-state index contributed by atoms with van der Waals surface area (Å²) in [6.07, 6.45) is 0. The Kier molecular flexibility index (Phi) is 11.2. The molecule has 0 unspecified atom stereocenters. The van der Waals surface area contributed by atoms with Crippen LogP contribution >= 0.6 is 11.3 Å². The van der Waals surface area contributed by atoms with Gasteiger partial charge in [-0.15, -0.1) is 11.3 Å². The molecule has 0 saturated carbocycles. The number of hydrogen-bond donors (Lipinski definition) is 0. The van der Waals surface area contributed by atoms with E-state index in [9.17, 15) is 0 Å². The first-order valence-corrected chi connectivity index (χ1v) is 20.1. The Morgan fingerprint density at radius 2 is 1.05 bits per heavy atom. The van der Waals surface area contributed by atoms with Crippen LogP contribution in [0.4, 0.5) is 0 Å². The molecule has 0 aliphatic heterocycles. The number of thiophene rings is 1. The van der Waals surface area contributed by atoms with Gasteiger partial charge in [-0.05, 0) is 83.1 Å². The fourth-order valence-electron chi connectivity index (χ4n) is 7.34. The summed E-state index contributed by atoms with van der Waals surface area (Å²) in [7, 11) is 0. The Bertz CT molecular complexity index is 2880. The van der Waals surface area contributed by atoms with Crippen molar-refractivity contribution in [2.45, 2.75) is 48.5 Å². The van der Waals surface area contributed by atoms with Gasteiger partial charge < -0.3 is 4.42 Å². The van der Waals surface area contributed by atoms with Crippen molar-refractivity contribution >= 4 is 64.5 Å². The minimum Gasteiger partial charge on any atom is -0.436 e. The summed E-state index contributed by atoms with van der Waals surface area (Å²) in [6, 6.07) is 53.1. The number of para-hydroxylation sites is 1. The summed E-state index contributed by atoms with van der Waals surface area (Å²) in [5, 5.41) is 6.49. The van der Waals surface area contributed by atoms with E-state index >= 15 is 0 Å². The third-order valence-corrected chi connectivity index (χ3v) is 11.1. The van der Waals surface area contributed by atoms with Gasteiger partial charge in [0, 0.05) is 31.1 Å². The summed E-state index contributed by atoms with van der Waals surface area (Å²) in [6.45, 7) is 14.5. The third-order valence-electron chi connectivity index (χ3n) is 9.84. The van der Waals surface area contributed by atoms with Crippen LogP contribution in [-0.2, 0) is 0 Å². The Morgan fingerprint density at radius 1 is 0.491 bits per heavy atom. The first-order chi connectivity index (χ1) is 27.0. The lowest BCUT2D eigenvalue weighted by Gasteiger charge is -2.15. The predicted octanol–water partition coefficient (Wildman–Crippen LogP) is 15.6. The topological polar surface area (TPSA) is 38.9 Å². The molecule has 3 heterocycles. The van der Waals surface area contributed by atoms with Crippen LogP contribution in [0.3, 0.4) is 0 Å². The molecule has 55 heavy (non-hydrogen) atoms. The highest BCUT2D eigenvalue weighted by atomic mass is 32.1. The van der Waals surface area contributed by atoms with Crippen molar-refractivity contribution in [1.82, 2.24) is 9.97 Å². The average Bonchev–Trinajstić information content (AvgIpc) is 3.82. The zero-order valence-corrected chi connectivity index (χ0v) is 33.5. The number of aromatic nitrogens is 2. The van der Waals surface area contributed by atoms with Crippen molar-refractivity contribution in [1.29, 1.82) is 0 Å². The number of furan rings is 1. The monoisotopic (exact) mass is 734 g/mol. The molecule has 0 saturated heterocycles. The Morgan fingerprint density at radius 3 is 1.78 bits per heavy atom. The molecule has 0 spiro atoms. The fraction of sp³-hybridized carbons (Fsp3) is 0.137. The third kappa shape index (κ3) is 7.02. The van der Waals surface area contributed by atoms with Gasteiger partial charge in [-0.2, -0.15) is 0 Å². The maximum atomic E-state index is 5.83. The molecule has 10 aromatic rings. The van der Waals surface area contributed by atoms with E-state index in [-0.39, 0.29) is 0 Å². The summed E-state index contributed by atoms with van der Waals surface area (Å²) in [4.78, 5) is 9.52. The van der Waals surface area contributed by atoms with Crippen LogP contribution in [0.5, 0.6) is 0 Å². The average molecular weight is 735 g/mol. The second-order valence-corrected chi connectivity index (χ2v) is 14.1. The molecule has 10 rings (SSSR count). The van der Waals surface area contributed by atoms with Gasteiger partial charge in [-0.25, -0.2) is 9.97 Å². The second-order valence-electron chi connectivity index (χ2n) is 13.0. The van der Waals surface area contributed by atoms with Gasteiger partial charge in [0.15, 0.2) is 0 Å². The van der Waals surface area contributed by atoms with E-state index in [1.54, 1.807) is 0 Å². The highest BCUT2D eigenvalue weighted by Gasteiger charge is 2.18. The summed E-state index contributed by atoms with van der Waals surface area (Å²) in [5.41, 5.74) is 12.9. The zero-order valence-electron chi connectivity index (χ0n) is 32.6. The molecule has 7 aromatic carbocycles. The van der Waals surface area contributed by atoms with E-state index in [0.717, 1.165) is 33.4 Å². The quantitative estimate of drug-likeness (QED) is 0.181. The standard InChI is InChI=1S/C24H18S.C23H16N2O.2C2H6/c1-15-9-3-4-10-17(15)22-16(2)24-23(19-12-6-5-11-18(19)22)20-13-7-8-14-21(20)25-24;1-15-21(18-13-11-17(12-14-18)16-7-3-2-4-8-16)25-22-19-9-5-6-10-20(19)26-23(22)24-15;2*1-2/h3-14H,1-2H3;2-14H,1H3;2*1-2H3. The molecular weight excluding hydrogens is 689 g/mol. The normalized spacial score (nSPS) is 10.8. The number of nitrogens with zero attached hydrogens (tertiary/aromatic N) is 2. The van der Waals surface area contributed by atoms with E-state index in [1.165, 1.54) is 64.3 Å². The number of hydrogen-bond acceptors (Lipinski definition) is 4. The van der Waals surface area contributed by atoms with Crippen LogP contribution in [0, 0.1) is 20.8 Å². The molecule has 0 aliphatic carbocycles. The molecule has 3 nitrogen and oxygen atoms in total. The Labute approximate surface area is 328 Å². The molecule has 0 N–H and O–H groups in total. The lowest BCUT2D eigenvalue weighted by molar-refractivity contribution is 0.651. The van der Waals surface area contributed by atoms with E-state index in [4.69, 9.17) is 9.40 Å². The van der Waals surface area contributed by atoms with Crippen molar-refractivity contribution in [3.63, 3.8) is 0 Å². The minimum atomic E-state index is 0.591. The van der Waals surface area contributed by atoms with Gasteiger partial charge in [0.05, 0.1) is 11.4 Å². The minimum absolute atomic E-state index is 0.591. The van der Waals surface area contributed by atoms with Gasteiger partial charge in [0.25, 0.3) is 0 Å². The maximum absolute atomic E-state index is 5.83.